The average Bonchev–Trinajstić information content (AvgIpc) is 2.65. The van der Waals surface area contributed by atoms with E-state index in [0.717, 1.165) is 6.07 Å². The lowest BCUT2D eigenvalue weighted by molar-refractivity contribution is -0.123. The topological polar surface area (TPSA) is 102 Å². The molecule has 10 heteroatoms. The highest BCUT2D eigenvalue weighted by Crippen LogP contribution is 2.29. The lowest BCUT2D eigenvalue weighted by atomic mass is 10.2. The van der Waals surface area contributed by atoms with E-state index < -0.39 is 28.0 Å². The summed E-state index contributed by atoms with van der Waals surface area (Å²) in [5.41, 5.74) is 0.269. The number of hydrogen-bond donors (Lipinski definition) is 2. The van der Waals surface area contributed by atoms with Crippen molar-refractivity contribution in [2.24, 2.45) is 0 Å². The van der Waals surface area contributed by atoms with E-state index >= 15 is 0 Å². The van der Waals surface area contributed by atoms with Crippen molar-refractivity contribution in [3.05, 3.63) is 58.1 Å². The first-order valence-corrected chi connectivity index (χ1v) is 9.89. The Balaban J connectivity index is 2.10. The molecule has 1 amide bonds. The monoisotopic (exact) mass is 430 g/mol. The lowest BCUT2D eigenvalue weighted by Gasteiger charge is -2.15. The molecule has 7 nitrogen and oxygen atoms in total. The van der Waals surface area contributed by atoms with Gasteiger partial charge in [0.05, 0.1) is 26.2 Å². The van der Waals surface area contributed by atoms with E-state index in [1.165, 1.54) is 32.2 Å². The van der Waals surface area contributed by atoms with Crippen LogP contribution in [0.25, 0.3) is 0 Å². The Morgan fingerprint density at radius 1 is 1.11 bits per heavy atom. The molecule has 0 fully saturated rings. The van der Waals surface area contributed by atoms with Crippen LogP contribution in [0.3, 0.4) is 0 Å². The summed E-state index contributed by atoms with van der Waals surface area (Å²) in [7, 11) is -2.46. The fraction of sp³-hybridized carbons (Fsp3) is 0.176. The van der Waals surface area contributed by atoms with E-state index in [1.807, 2.05) is 0 Å². The van der Waals surface area contributed by atoms with Crippen LogP contribution in [0.1, 0.15) is 17.3 Å². The maximum atomic E-state index is 12.2. The number of nitrogens with one attached hydrogen (secondary N) is 2. The summed E-state index contributed by atoms with van der Waals surface area (Å²) in [6.07, 6.45) is -1.16. The number of benzene rings is 2. The second-order valence-corrected chi connectivity index (χ2v) is 8.05. The Labute approximate surface area is 166 Å². The van der Waals surface area contributed by atoms with E-state index in [-0.39, 0.29) is 26.2 Å². The van der Waals surface area contributed by atoms with Gasteiger partial charge in [0.25, 0.3) is 5.91 Å². The summed E-state index contributed by atoms with van der Waals surface area (Å²) in [5.74, 6) is -1.46. The molecule has 0 aliphatic heterocycles. The molecule has 27 heavy (non-hydrogen) atoms. The zero-order valence-electron chi connectivity index (χ0n) is 14.3. The number of carbonyl (C=O) groups is 2. The first-order chi connectivity index (χ1) is 12.7. The first-order valence-electron chi connectivity index (χ1n) is 7.65. The number of sulfonamides is 1. The van der Waals surface area contributed by atoms with Gasteiger partial charge in [0.1, 0.15) is 0 Å². The number of amides is 1. The minimum absolute atomic E-state index is 0.00763. The third-order valence-corrected chi connectivity index (χ3v) is 5.74. The predicted octanol–water partition coefficient (Wildman–Crippen LogP) is 3.09. The summed E-state index contributed by atoms with van der Waals surface area (Å²) >= 11 is 11.9. The van der Waals surface area contributed by atoms with Gasteiger partial charge in [-0.2, -0.15) is 0 Å². The molecule has 2 aromatic carbocycles. The summed E-state index contributed by atoms with van der Waals surface area (Å²) in [4.78, 5) is 24.4. The Morgan fingerprint density at radius 3 is 2.44 bits per heavy atom. The second kappa shape index (κ2) is 8.71. The molecule has 2 aromatic rings. The molecular weight excluding hydrogens is 415 g/mol. The van der Waals surface area contributed by atoms with Gasteiger partial charge in [0.15, 0.2) is 6.10 Å². The van der Waals surface area contributed by atoms with Crippen LogP contribution >= 0.6 is 23.2 Å². The van der Waals surface area contributed by atoms with Crippen molar-refractivity contribution in [1.82, 2.24) is 4.72 Å². The van der Waals surface area contributed by atoms with Gasteiger partial charge in [0.2, 0.25) is 10.0 Å². The van der Waals surface area contributed by atoms with Crippen LogP contribution in [0.2, 0.25) is 10.0 Å². The zero-order chi connectivity index (χ0) is 20.2. The van der Waals surface area contributed by atoms with Crippen molar-refractivity contribution in [3.63, 3.8) is 0 Å². The molecule has 0 bridgehead atoms. The molecule has 0 aliphatic rings. The fourth-order valence-corrected chi connectivity index (χ4v) is 3.15. The molecule has 2 N–H and O–H groups in total. The summed E-state index contributed by atoms with van der Waals surface area (Å²) < 4.78 is 30.9. The van der Waals surface area contributed by atoms with Crippen molar-refractivity contribution in [3.8, 4) is 0 Å². The van der Waals surface area contributed by atoms with Crippen LogP contribution < -0.4 is 10.0 Å². The smallest absolute Gasteiger partial charge is 0.338 e. The number of halogens is 2. The Morgan fingerprint density at radius 2 is 1.78 bits per heavy atom. The van der Waals surface area contributed by atoms with Gasteiger partial charge in [0, 0.05) is 0 Å². The maximum absolute atomic E-state index is 12.2. The first kappa shape index (κ1) is 21.2. The minimum atomic E-state index is -3.71. The molecule has 2 rings (SSSR count). The van der Waals surface area contributed by atoms with E-state index in [2.05, 4.69) is 10.0 Å². The largest absolute Gasteiger partial charge is 0.449 e. The van der Waals surface area contributed by atoms with Gasteiger partial charge in [-0.05, 0) is 44.3 Å². The second-order valence-electron chi connectivity index (χ2n) is 5.37. The van der Waals surface area contributed by atoms with Gasteiger partial charge >= 0.3 is 5.97 Å². The Kier molecular flexibility index (Phi) is 6.83. The van der Waals surface area contributed by atoms with Crippen LogP contribution in [0.4, 0.5) is 5.69 Å². The molecule has 0 saturated heterocycles. The highest BCUT2D eigenvalue weighted by molar-refractivity contribution is 7.89. The summed E-state index contributed by atoms with van der Waals surface area (Å²) in [5, 5.41) is 2.94. The molecular formula is C17H16Cl2N2O5S. The number of hydrogen-bond acceptors (Lipinski definition) is 5. The van der Waals surface area contributed by atoms with E-state index in [0.29, 0.717) is 0 Å². The van der Waals surface area contributed by atoms with Gasteiger partial charge < -0.3 is 10.1 Å². The average molecular weight is 431 g/mol. The van der Waals surface area contributed by atoms with E-state index in [9.17, 15) is 18.0 Å². The van der Waals surface area contributed by atoms with E-state index in [1.54, 1.807) is 18.2 Å². The highest BCUT2D eigenvalue weighted by atomic mass is 35.5. The Hall–Kier alpha value is -2.13. The quantitative estimate of drug-likeness (QED) is 0.685. The third kappa shape index (κ3) is 5.20. The molecule has 0 spiro atoms. The molecule has 0 saturated carbocycles. The van der Waals surface area contributed by atoms with Crippen molar-refractivity contribution in [2.45, 2.75) is 17.9 Å². The van der Waals surface area contributed by atoms with Crippen LogP contribution in [-0.2, 0) is 19.6 Å². The van der Waals surface area contributed by atoms with Crippen LogP contribution in [0.5, 0.6) is 0 Å². The number of anilines is 1. The van der Waals surface area contributed by atoms with Crippen LogP contribution in [-0.4, -0.2) is 33.4 Å². The van der Waals surface area contributed by atoms with Gasteiger partial charge in [-0.25, -0.2) is 17.9 Å². The number of esters is 1. The predicted molar refractivity (Wildman–Crippen MR) is 103 cm³/mol. The lowest BCUT2D eigenvalue weighted by Crippen LogP contribution is -2.30. The van der Waals surface area contributed by atoms with Gasteiger partial charge in [-0.3, -0.25) is 4.79 Å². The fourth-order valence-electron chi connectivity index (χ4n) is 2.02. The molecule has 144 valence electrons. The van der Waals surface area contributed by atoms with Gasteiger partial charge in [-0.1, -0.05) is 35.3 Å². The minimum Gasteiger partial charge on any atom is -0.449 e. The summed E-state index contributed by atoms with van der Waals surface area (Å²) in [6.45, 7) is 1.37. The standard InChI is InChI=1S/C17H16Cl2N2O5S/c1-10(16(22)21-14-8-4-7-13(18)15(14)19)26-17(23)11-5-3-6-12(9-11)27(24,25)20-2/h3-10,20H,1-2H3,(H,21,22)/t10-/m0/s1. The van der Waals surface area contributed by atoms with E-state index in [4.69, 9.17) is 27.9 Å². The normalized spacial score (nSPS) is 12.3. The van der Waals surface area contributed by atoms with Crippen molar-refractivity contribution in [1.29, 1.82) is 0 Å². The molecule has 0 heterocycles. The van der Waals surface area contributed by atoms with Crippen LogP contribution in [0, 0.1) is 0 Å². The van der Waals surface area contributed by atoms with Gasteiger partial charge in [-0.15, -0.1) is 0 Å². The maximum Gasteiger partial charge on any atom is 0.338 e. The number of ether oxygens (including phenoxy) is 1. The van der Waals surface area contributed by atoms with Crippen LogP contribution in [0.15, 0.2) is 47.4 Å². The number of rotatable bonds is 6. The van der Waals surface area contributed by atoms with Crippen molar-refractivity contribution in [2.75, 3.05) is 12.4 Å². The molecule has 0 unspecified atom stereocenters. The molecule has 0 aromatic heterocycles. The molecule has 0 radical (unpaired) electrons. The van der Waals surface area contributed by atoms with Crippen molar-refractivity contribution >= 4 is 50.8 Å². The van der Waals surface area contributed by atoms with Crippen molar-refractivity contribution < 1.29 is 22.7 Å². The zero-order valence-corrected chi connectivity index (χ0v) is 16.7. The third-order valence-electron chi connectivity index (χ3n) is 3.51. The summed E-state index contributed by atoms with van der Waals surface area (Å²) in [6, 6.07) is 10.00. The molecule has 1 atom stereocenters. The molecule has 0 aliphatic carbocycles. The SMILES string of the molecule is CNS(=O)(=O)c1cccc(C(=O)O[C@@H](C)C(=O)Nc2cccc(Cl)c2Cl)c1. The number of carbonyl (C=O) groups excluding carboxylic acids is 2. The highest BCUT2D eigenvalue weighted by Gasteiger charge is 2.21. The Bertz CT molecular complexity index is 979.